The number of thioether (sulfide) groups is 1. The van der Waals surface area contributed by atoms with Gasteiger partial charge in [-0.3, -0.25) is 25.4 Å². The van der Waals surface area contributed by atoms with Gasteiger partial charge in [-0.15, -0.1) is 11.8 Å². The molecular weight excluding hydrogens is 330 g/mol. The fourth-order valence-electron chi connectivity index (χ4n) is 1.99. The Morgan fingerprint density at radius 2 is 1.92 bits per heavy atom. The highest BCUT2D eigenvalue weighted by Gasteiger charge is 2.13. The van der Waals surface area contributed by atoms with Crippen LogP contribution in [0.3, 0.4) is 0 Å². The molecule has 1 aromatic carbocycles. The van der Waals surface area contributed by atoms with Crippen molar-refractivity contribution in [3.8, 4) is 11.5 Å². The lowest BCUT2D eigenvalue weighted by Gasteiger charge is -2.18. The highest BCUT2D eigenvalue weighted by molar-refractivity contribution is 8.00. The van der Waals surface area contributed by atoms with Gasteiger partial charge >= 0.3 is 0 Å². The third-order valence-electron chi connectivity index (χ3n) is 3.10. The first-order valence-corrected chi connectivity index (χ1v) is 8.23. The fourth-order valence-corrected chi connectivity index (χ4v) is 2.71. The Morgan fingerprint density at radius 3 is 2.71 bits per heavy atom. The Morgan fingerprint density at radius 1 is 1.08 bits per heavy atom. The monoisotopic (exact) mass is 345 g/mol. The lowest BCUT2D eigenvalue weighted by Crippen LogP contribution is -2.42. The summed E-state index contributed by atoms with van der Waals surface area (Å²) in [5.41, 5.74) is 4.92. The fraction of sp³-hybridized carbons (Fsp3) is 0.188. The highest BCUT2D eigenvalue weighted by Crippen LogP contribution is 2.33. The molecule has 1 aliphatic rings. The van der Waals surface area contributed by atoms with Gasteiger partial charge in [0.1, 0.15) is 18.9 Å². The Balaban J connectivity index is 1.46. The molecule has 2 heterocycles. The minimum Gasteiger partial charge on any atom is -0.486 e. The summed E-state index contributed by atoms with van der Waals surface area (Å²) in [4.78, 5) is 28.4. The minimum absolute atomic E-state index is 0.155. The van der Waals surface area contributed by atoms with Crippen LogP contribution in [0.1, 0.15) is 10.5 Å². The normalized spacial score (nSPS) is 12.3. The van der Waals surface area contributed by atoms with Gasteiger partial charge in [0.2, 0.25) is 5.91 Å². The second-order valence-corrected chi connectivity index (χ2v) is 5.86. The van der Waals surface area contributed by atoms with Gasteiger partial charge in [-0.1, -0.05) is 6.07 Å². The van der Waals surface area contributed by atoms with Gasteiger partial charge in [-0.2, -0.15) is 0 Å². The van der Waals surface area contributed by atoms with Crippen molar-refractivity contribution in [2.75, 3.05) is 19.0 Å². The predicted molar refractivity (Wildman–Crippen MR) is 88.0 cm³/mol. The van der Waals surface area contributed by atoms with Gasteiger partial charge in [0.05, 0.1) is 5.75 Å². The van der Waals surface area contributed by atoms with E-state index < -0.39 is 5.91 Å². The summed E-state index contributed by atoms with van der Waals surface area (Å²) in [7, 11) is 0. The second-order valence-electron chi connectivity index (χ2n) is 4.81. The molecule has 3 rings (SSSR count). The van der Waals surface area contributed by atoms with Crippen LogP contribution in [0.5, 0.6) is 11.5 Å². The summed E-state index contributed by atoms with van der Waals surface area (Å²) in [6.07, 6.45) is 1.51. The first kappa shape index (κ1) is 16.1. The number of hydrazine groups is 1. The SMILES string of the molecule is O=C(CSc1ccc2c(c1)OCCO2)NNC(=O)c1ccccn1. The molecule has 0 saturated heterocycles. The summed E-state index contributed by atoms with van der Waals surface area (Å²) >= 11 is 1.33. The molecule has 2 N–H and O–H groups in total. The quantitative estimate of drug-likeness (QED) is 0.643. The molecule has 0 saturated carbocycles. The highest BCUT2D eigenvalue weighted by atomic mass is 32.2. The molecule has 1 aromatic heterocycles. The molecule has 0 aliphatic carbocycles. The first-order chi connectivity index (χ1) is 11.7. The smallest absolute Gasteiger partial charge is 0.288 e. The van der Waals surface area contributed by atoms with Crippen LogP contribution < -0.4 is 20.3 Å². The number of fused-ring (bicyclic) bond motifs is 1. The number of carbonyl (C=O) groups is 2. The molecule has 0 spiro atoms. The van der Waals surface area contributed by atoms with Crippen molar-refractivity contribution in [3.05, 3.63) is 48.3 Å². The molecule has 8 heteroatoms. The lowest BCUT2D eigenvalue weighted by atomic mass is 10.3. The molecule has 0 bridgehead atoms. The largest absolute Gasteiger partial charge is 0.486 e. The van der Waals surface area contributed by atoms with E-state index in [1.54, 1.807) is 18.2 Å². The molecular formula is C16H15N3O4S. The molecule has 2 aromatic rings. The summed E-state index contributed by atoms with van der Waals surface area (Å²) in [6.45, 7) is 1.05. The van der Waals surface area contributed by atoms with Gasteiger partial charge in [-0.25, -0.2) is 0 Å². The average Bonchev–Trinajstić information content (AvgIpc) is 2.65. The average molecular weight is 345 g/mol. The molecule has 1 aliphatic heterocycles. The van der Waals surface area contributed by atoms with Crippen molar-refractivity contribution in [3.63, 3.8) is 0 Å². The van der Waals surface area contributed by atoms with Crippen LogP contribution in [0.25, 0.3) is 0 Å². The molecule has 124 valence electrons. The van der Waals surface area contributed by atoms with Gasteiger partial charge < -0.3 is 9.47 Å². The molecule has 0 radical (unpaired) electrons. The van der Waals surface area contributed by atoms with Crippen molar-refractivity contribution in [2.24, 2.45) is 0 Å². The van der Waals surface area contributed by atoms with Crippen LogP contribution in [0.15, 0.2) is 47.5 Å². The van der Waals surface area contributed by atoms with Crippen molar-refractivity contribution < 1.29 is 19.1 Å². The Kier molecular flexibility index (Phi) is 5.17. The van der Waals surface area contributed by atoms with Gasteiger partial charge in [-0.05, 0) is 30.3 Å². The molecule has 7 nitrogen and oxygen atoms in total. The van der Waals surface area contributed by atoms with Crippen LogP contribution in [0.2, 0.25) is 0 Å². The number of hydrogen-bond donors (Lipinski definition) is 2. The van der Waals surface area contributed by atoms with Crippen molar-refractivity contribution in [1.29, 1.82) is 0 Å². The van der Waals surface area contributed by atoms with Crippen LogP contribution in [0, 0.1) is 0 Å². The third-order valence-corrected chi connectivity index (χ3v) is 4.09. The number of aromatic nitrogens is 1. The Hall–Kier alpha value is -2.74. The van der Waals surface area contributed by atoms with Crippen molar-refractivity contribution in [1.82, 2.24) is 15.8 Å². The van der Waals surface area contributed by atoms with Crippen molar-refractivity contribution >= 4 is 23.6 Å². The van der Waals surface area contributed by atoms with E-state index in [1.807, 2.05) is 18.2 Å². The molecule has 24 heavy (non-hydrogen) atoms. The van der Waals surface area contributed by atoms with E-state index in [9.17, 15) is 9.59 Å². The summed E-state index contributed by atoms with van der Waals surface area (Å²) in [6, 6.07) is 10.5. The van der Waals surface area contributed by atoms with Gasteiger partial charge in [0.25, 0.3) is 5.91 Å². The van der Waals surface area contributed by atoms with E-state index in [0.29, 0.717) is 24.7 Å². The Bertz CT molecular complexity index is 739. The van der Waals surface area contributed by atoms with Crippen LogP contribution in [-0.4, -0.2) is 35.8 Å². The number of benzene rings is 1. The summed E-state index contributed by atoms with van der Waals surface area (Å²) < 4.78 is 10.9. The van der Waals surface area contributed by atoms with E-state index in [2.05, 4.69) is 15.8 Å². The third kappa shape index (κ3) is 4.17. The summed E-state index contributed by atoms with van der Waals surface area (Å²) in [5, 5.41) is 0. The lowest BCUT2D eigenvalue weighted by molar-refractivity contribution is -0.119. The van der Waals surface area contributed by atoms with E-state index >= 15 is 0 Å². The van der Waals surface area contributed by atoms with Crippen LogP contribution in [0.4, 0.5) is 0 Å². The first-order valence-electron chi connectivity index (χ1n) is 7.25. The number of hydrogen-bond acceptors (Lipinski definition) is 6. The zero-order valence-corrected chi connectivity index (χ0v) is 13.5. The molecule has 0 atom stereocenters. The van der Waals surface area contributed by atoms with E-state index in [0.717, 1.165) is 4.90 Å². The Labute approximate surface area is 142 Å². The predicted octanol–water partition coefficient (Wildman–Crippen LogP) is 1.41. The zero-order chi connectivity index (χ0) is 16.8. The van der Waals surface area contributed by atoms with Gasteiger partial charge in [0, 0.05) is 11.1 Å². The number of carbonyl (C=O) groups excluding carboxylic acids is 2. The summed E-state index contributed by atoms with van der Waals surface area (Å²) in [5.74, 6) is 0.752. The van der Waals surface area contributed by atoms with Crippen LogP contribution >= 0.6 is 11.8 Å². The number of ether oxygens (including phenoxy) is 2. The van der Waals surface area contributed by atoms with Crippen LogP contribution in [-0.2, 0) is 4.79 Å². The standard InChI is InChI=1S/C16H15N3O4S/c20-15(18-19-16(21)12-3-1-2-6-17-12)10-24-11-4-5-13-14(9-11)23-8-7-22-13/h1-6,9H,7-8,10H2,(H,18,20)(H,19,21). The van der Waals surface area contributed by atoms with E-state index in [4.69, 9.17) is 9.47 Å². The second kappa shape index (κ2) is 7.69. The van der Waals surface area contributed by atoms with E-state index in [1.165, 1.54) is 18.0 Å². The number of pyridine rings is 1. The van der Waals surface area contributed by atoms with Gasteiger partial charge in [0.15, 0.2) is 11.5 Å². The molecule has 2 amide bonds. The zero-order valence-electron chi connectivity index (χ0n) is 12.7. The topological polar surface area (TPSA) is 89.5 Å². The minimum atomic E-state index is -0.465. The maximum Gasteiger partial charge on any atom is 0.288 e. The van der Waals surface area contributed by atoms with E-state index in [-0.39, 0.29) is 17.4 Å². The number of nitrogens with zero attached hydrogens (tertiary/aromatic N) is 1. The molecule has 0 unspecified atom stereocenters. The maximum atomic E-state index is 11.8. The molecule has 0 fully saturated rings. The number of nitrogens with one attached hydrogen (secondary N) is 2. The van der Waals surface area contributed by atoms with Crippen molar-refractivity contribution in [2.45, 2.75) is 4.90 Å². The number of amides is 2. The maximum absolute atomic E-state index is 11.8. The number of rotatable bonds is 4.